The zero-order valence-corrected chi connectivity index (χ0v) is 11.1. The number of rotatable bonds is 2. The van der Waals surface area contributed by atoms with E-state index in [0.717, 1.165) is 0 Å². The van der Waals surface area contributed by atoms with Gasteiger partial charge in [0.05, 0.1) is 18.8 Å². The molecule has 0 aliphatic rings. The first-order valence-electron chi connectivity index (χ1n) is 5.67. The minimum Gasteiger partial charge on any atom is -0.481 e. The molecule has 0 spiro atoms. The topological polar surface area (TPSA) is 37.9 Å². The van der Waals surface area contributed by atoms with Gasteiger partial charge in [0.1, 0.15) is 4.88 Å². The number of halogens is 3. The summed E-state index contributed by atoms with van der Waals surface area (Å²) in [5.74, 6) is 0.363. The van der Waals surface area contributed by atoms with E-state index in [4.69, 9.17) is 4.74 Å². The minimum atomic E-state index is -4.36. The Morgan fingerprint density at radius 1 is 1.30 bits per heavy atom. The van der Waals surface area contributed by atoms with Gasteiger partial charge in [-0.25, -0.2) is 4.98 Å². The molecule has 7 heteroatoms. The summed E-state index contributed by atoms with van der Waals surface area (Å²) in [4.78, 5) is 6.34. The van der Waals surface area contributed by atoms with Gasteiger partial charge in [0.2, 0.25) is 5.88 Å². The molecule has 0 aliphatic heterocycles. The van der Waals surface area contributed by atoms with E-state index < -0.39 is 11.1 Å². The summed E-state index contributed by atoms with van der Waals surface area (Å²) in [6.07, 6.45) is -1.26. The third-order valence-corrected chi connectivity index (χ3v) is 3.92. The highest BCUT2D eigenvalue weighted by Crippen LogP contribution is 2.42. The van der Waals surface area contributed by atoms with Crippen LogP contribution in [0.15, 0.2) is 29.9 Å². The summed E-state index contributed by atoms with van der Waals surface area (Å²) in [6, 6.07) is 3.10. The Kier molecular flexibility index (Phi) is 2.93. The molecule has 0 aliphatic carbocycles. The van der Waals surface area contributed by atoms with Crippen molar-refractivity contribution in [1.29, 1.82) is 0 Å². The van der Waals surface area contributed by atoms with Crippen molar-refractivity contribution < 1.29 is 17.9 Å². The molecule has 3 nitrogen and oxygen atoms in total. The summed E-state index contributed by atoms with van der Waals surface area (Å²) in [7, 11) is 1.46. The number of nitrogens with zero attached hydrogens (tertiary/aromatic N) is 1. The molecule has 0 unspecified atom stereocenters. The van der Waals surface area contributed by atoms with Gasteiger partial charge in [-0.05, 0) is 11.4 Å². The van der Waals surface area contributed by atoms with Crippen LogP contribution in [0.3, 0.4) is 0 Å². The Bertz CT molecular complexity index is 760. The van der Waals surface area contributed by atoms with Crippen molar-refractivity contribution in [2.75, 3.05) is 7.11 Å². The maximum Gasteiger partial charge on any atom is 0.426 e. The Morgan fingerprint density at radius 2 is 2.10 bits per heavy atom. The second-order valence-corrected chi connectivity index (χ2v) is 5.05. The lowest BCUT2D eigenvalue weighted by atomic mass is 10.1. The van der Waals surface area contributed by atoms with Crippen LogP contribution in [0.25, 0.3) is 22.0 Å². The number of thiophene rings is 1. The molecule has 0 radical (unpaired) electrons. The van der Waals surface area contributed by atoms with Crippen molar-refractivity contribution in [3.63, 3.8) is 0 Å². The fourth-order valence-corrected chi connectivity index (χ4v) is 2.86. The monoisotopic (exact) mass is 298 g/mol. The highest BCUT2D eigenvalue weighted by molar-refractivity contribution is 7.10. The van der Waals surface area contributed by atoms with Gasteiger partial charge >= 0.3 is 6.18 Å². The standard InChI is InChI=1S/C13H9F3N2OS/c1-19-11-4-8-9(5-17-10(8)6-18-11)7-2-3-20-12(7)13(14,15)16/h2-6,17H,1H3. The number of pyridine rings is 1. The summed E-state index contributed by atoms with van der Waals surface area (Å²) < 4.78 is 44.0. The van der Waals surface area contributed by atoms with Gasteiger partial charge in [0, 0.05) is 28.8 Å². The number of alkyl halides is 3. The highest BCUT2D eigenvalue weighted by atomic mass is 32.1. The maximum atomic E-state index is 13.0. The fraction of sp³-hybridized carbons (Fsp3) is 0.154. The number of aromatic nitrogens is 2. The van der Waals surface area contributed by atoms with Crippen molar-refractivity contribution in [2.24, 2.45) is 0 Å². The third-order valence-electron chi connectivity index (χ3n) is 2.96. The van der Waals surface area contributed by atoms with Crippen molar-refractivity contribution in [2.45, 2.75) is 6.18 Å². The van der Waals surface area contributed by atoms with Crippen molar-refractivity contribution in [1.82, 2.24) is 9.97 Å². The second kappa shape index (κ2) is 4.52. The maximum absolute atomic E-state index is 13.0. The van der Waals surface area contributed by atoms with Crippen LogP contribution in [0.4, 0.5) is 13.2 Å². The summed E-state index contributed by atoms with van der Waals surface area (Å²) in [6.45, 7) is 0. The molecule has 0 saturated carbocycles. The van der Waals surface area contributed by atoms with Gasteiger partial charge in [0.15, 0.2) is 0 Å². The average Bonchev–Trinajstić information content (AvgIpc) is 3.02. The lowest BCUT2D eigenvalue weighted by Gasteiger charge is -2.07. The number of fused-ring (bicyclic) bond motifs is 1. The lowest BCUT2D eigenvalue weighted by Crippen LogP contribution is -2.03. The molecule has 0 fully saturated rings. The van der Waals surface area contributed by atoms with Gasteiger partial charge < -0.3 is 9.72 Å². The van der Waals surface area contributed by atoms with Crippen LogP contribution in [0, 0.1) is 0 Å². The number of nitrogens with one attached hydrogen (secondary N) is 1. The molecule has 3 aromatic heterocycles. The first kappa shape index (κ1) is 13.0. The van der Waals surface area contributed by atoms with E-state index in [1.54, 1.807) is 12.3 Å². The zero-order chi connectivity index (χ0) is 14.3. The minimum absolute atomic E-state index is 0.169. The van der Waals surface area contributed by atoms with Crippen molar-refractivity contribution in [3.8, 4) is 17.0 Å². The van der Waals surface area contributed by atoms with Crippen LogP contribution < -0.4 is 4.74 Å². The number of hydrogen-bond acceptors (Lipinski definition) is 3. The zero-order valence-electron chi connectivity index (χ0n) is 10.3. The van der Waals surface area contributed by atoms with Crippen LogP contribution in [0.1, 0.15) is 4.88 Å². The van der Waals surface area contributed by atoms with Gasteiger partial charge in [0.25, 0.3) is 0 Å². The third kappa shape index (κ3) is 2.03. The van der Waals surface area contributed by atoms with Crippen molar-refractivity contribution in [3.05, 3.63) is 34.8 Å². The van der Waals surface area contributed by atoms with E-state index >= 15 is 0 Å². The highest BCUT2D eigenvalue weighted by Gasteiger charge is 2.35. The quantitative estimate of drug-likeness (QED) is 0.765. The molecule has 20 heavy (non-hydrogen) atoms. The Labute approximate surface area is 116 Å². The number of H-pyrrole nitrogens is 1. The molecule has 1 N–H and O–H groups in total. The van der Waals surface area contributed by atoms with Crippen LogP contribution >= 0.6 is 11.3 Å². The number of hydrogen-bond donors (Lipinski definition) is 1. The lowest BCUT2D eigenvalue weighted by molar-refractivity contribution is -0.133. The van der Waals surface area contributed by atoms with E-state index in [9.17, 15) is 13.2 Å². The molecule has 3 rings (SSSR count). The molecule has 3 heterocycles. The Hall–Kier alpha value is -2.02. The summed E-state index contributed by atoms with van der Waals surface area (Å²) in [5.41, 5.74) is 1.33. The van der Waals surface area contributed by atoms with E-state index in [1.807, 2.05) is 0 Å². The van der Waals surface area contributed by atoms with Gasteiger partial charge in [-0.3, -0.25) is 0 Å². The van der Waals surface area contributed by atoms with Crippen LogP contribution in [0.5, 0.6) is 5.88 Å². The molecule has 0 saturated heterocycles. The predicted octanol–water partition coefficient (Wildman–Crippen LogP) is 4.32. The molecule has 3 aromatic rings. The Balaban J connectivity index is 2.23. The first-order valence-corrected chi connectivity index (χ1v) is 6.55. The van der Waals surface area contributed by atoms with Crippen LogP contribution in [0.2, 0.25) is 0 Å². The molecular weight excluding hydrogens is 289 g/mol. The number of aromatic amines is 1. The van der Waals surface area contributed by atoms with E-state index in [0.29, 0.717) is 33.7 Å². The molecule has 0 aromatic carbocycles. The second-order valence-electron chi connectivity index (χ2n) is 4.14. The van der Waals surface area contributed by atoms with Gasteiger partial charge in [-0.1, -0.05) is 0 Å². The van der Waals surface area contributed by atoms with E-state index in [2.05, 4.69) is 9.97 Å². The smallest absolute Gasteiger partial charge is 0.426 e. The van der Waals surface area contributed by atoms with Gasteiger partial charge in [-0.2, -0.15) is 13.2 Å². The predicted molar refractivity (Wildman–Crippen MR) is 71.0 cm³/mol. The average molecular weight is 298 g/mol. The molecular formula is C13H9F3N2OS. The SMILES string of the molecule is COc1cc2c(-c3ccsc3C(F)(F)F)c[nH]c2cn1. The fourth-order valence-electron chi connectivity index (χ4n) is 2.08. The first-order chi connectivity index (χ1) is 9.50. The number of ether oxygens (including phenoxy) is 1. The van der Waals surface area contributed by atoms with Crippen LogP contribution in [-0.4, -0.2) is 17.1 Å². The van der Waals surface area contributed by atoms with Crippen molar-refractivity contribution >= 4 is 22.2 Å². The summed E-state index contributed by atoms with van der Waals surface area (Å²) in [5, 5.41) is 2.09. The molecule has 0 amide bonds. The molecule has 0 atom stereocenters. The molecule has 104 valence electrons. The van der Waals surface area contributed by atoms with E-state index in [-0.39, 0.29) is 5.56 Å². The molecule has 0 bridgehead atoms. The Morgan fingerprint density at radius 3 is 2.80 bits per heavy atom. The normalized spacial score (nSPS) is 12.0. The van der Waals surface area contributed by atoms with Crippen LogP contribution in [-0.2, 0) is 6.18 Å². The van der Waals surface area contributed by atoms with E-state index in [1.165, 1.54) is 24.8 Å². The number of methoxy groups -OCH3 is 1. The summed E-state index contributed by atoms with van der Waals surface area (Å²) >= 11 is 0.687. The van der Waals surface area contributed by atoms with Gasteiger partial charge in [-0.15, -0.1) is 11.3 Å². The largest absolute Gasteiger partial charge is 0.481 e.